The molecule has 22 heavy (non-hydrogen) atoms. The summed E-state index contributed by atoms with van der Waals surface area (Å²) in [7, 11) is -1.73. The van der Waals surface area contributed by atoms with Gasteiger partial charge in [0.2, 0.25) is 5.91 Å². The van der Waals surface area contributed by atoms with E-state index in [1.807, 2.05) is 6.07 Å². The summed E-state index contributed by atoms with van der Waals surface area (Å²) < 4.78 is 26.6. The van der Waals surface area contributed by atoms with Crippen molar-refractivity contribution in [3.05, 3.63) is 17.5 Å². The highest BCUT2D eigenvalue weighted by atomic mass is 32.2. The van der Waals surface area contributed by atoms with Crippen LogP contribution in [0.5, 0.6) is 0 Å². The molecule has 0 radical (unpaired) electrons. The zero-order valence-electron chi connectivity index (χ0n) is 12.4. The summed E-state index contributed by atoms with van der Waals surface area (Å²) in [5, 5.41) is 10.3. The van der Waals surface area contributed by atoms with Gasteiger partial charge in [-0.1, -0.05) is 6.07 Å². The number of amides is 1. The van der Waals surface area contributed by atoms with Gasteiger partial charge in [0.05, 0.1) is 12.5 Å². The zero-order chi connectivity index (χ0) is 16.2. The molecule has 0 atom stereocenters. The molecule has 2 rings (SSSR count). The maximum atomic E-state index is 12.4. The second-order valence-electron chi connectivity index (χ2n) is 5.28. The Bertz CT molecular complexity index is 641. The van der Waals surface area contributed by atoms with Crippen molar-refractivity contribution < 1.29 is 13.2 Å². The number of hydrogen-bond acceptors (Lipinski definition) is 5. The molecule has 0 spiro atoms. The largest absolute Gasteiger partial charge is 0.344 e. The number of piperidine rings is 1. The molecule has 0 aliphatic carbocycles. The third kappa shape index (κ3) is 3.66. The topological polar surface area (TPSA) is 81.5 Å². The first kappa shape index (κ1) is 16.9. The lowest BCUT2D eigenvalue weighted by Gasteiger charge is -2.32. The van der Waals surface area contributed by atoms with Crippen molar-refractivity contribution in [3.63, 3.8) is 0 Å². The second kappa shape index (κ2) is 7.22. The normalized spacial score (nSPS) is 17.1. The summed E-state index contributed by atoms with van der Waals surface area (Å²) in [6.07, 6.45) is 1.37. The number of nitriles is 1. The van der Waals surface area contributed by atoms with Crippen LogP contribution in [0.3, 0.4) is 0 Å². The summed E-state index contributed by atoms with van der Waals surface area (Å²) in [5.74, 6) is -0.151. The Morgan fingerprint density at radius 2 is 2.18 bits per heavy atom. The van der Waals surface area contributed by atoms with E-state index in [1.54, 1.807) is 29.5 Å². The predicted octanol–water partition coefficient (Wildman–Crippen LogP) is 1.52. The maximum absolute atomic E-state index is 12.4. The van der Waals surface area contributed by atoms with E-state index < -0.39 is 10.0 Å². The Kier molecular flexibility index (Phi) is 5.56. The minimum atomic E-state index is -3.42. The van der Waals surface area contributed by atoms with E-state index in [1.165, 1.54) is 15.6 Å². The van der Waals surface area contributed by atoms with Crippen LogP contribution in [0.25, 0.3) is 0 Å². The van der Waals surface area contributed by atoms with Crippen LogP contribution in [0.15, 0.2) is 21.7 Å². The molecule has 1 aromatic rings. The fraction of sp³-hybridized carbons (Fsp3) is 0.571. The van der Waals surface area contributed by atoms with E-state index >= 15 is 0 Å². The number of hydrogen-bond donors (Lipinski definition) is 0. The average molecular weight is 341 g/mol. The Morgan fingerprint density at radius 1 is 1.50 bits per heavy atom. The lowest BCUT2D eigenvalue weighted by molar-refractivity contribution is -0.135. The van der Waals surface area contributed by atoms with Gasteiger partial charge in [0.25, 0.3) is 10.0 Å². The van der Waals surface area contributed by atoms with E-state index in [4.69, 9.17) is 5.26 Å². The standard InChI is InChI=1S/C14H19N3O3S2/c1-16(8-3-7-15)14(18)12-5-9-17(10-6-12)22(19,20)13-4-2-11-21-13/h2,4,11-12H,3,5-6,8-10H2,1H3. The molecule has 0 saturated carbocycles. The number of carbonyl (C=O) groups excluding carboxylic acids is 1. The van der Waals surface area contributed by atoms with Crippen molar-refractivity contribution in [1.29, 1.82) is 5.26 Å². The summed E-state index contributed by atoms with van der Waals surface area (Å²) in [5.41, 5.74) is 0. The molecule has 0 unspecified atom stereocenters. The molecular formula is C14H19N3O3S2. The maximum Gasteiger partial charge on any atom is 0.252 e. The number of nitrogens with zero attached hydrogens (tertiary/aromatic N) is 3. The van der Waals surface area contributed by atoms with E-state index in [0.717, 1.165) is 0 Å². The fourth-order valence-corrected chi connectivity index (χ4v) is 5.13. The molecule has 1 saturated heterocycles. The highest BCUT2D eigenvalue weighted by Gasteiger charge is 2.33. The molecule has 1 amide bonds. The van der Waals surface area contributed by atoms with Gasteiger partial charge >= 0.3 is 0 Å². The molecule has 2 heterocycles. The highest BCUT2D eigenvalue weighted by molar-refractivity contribution is 7.91. The first-order valence-electron chi connectivity index (χ1n) is 7.12. The first-order valence-corrected chi connectivity index (χ1v) is 9.44. The Balaban J connectivity index is 1.93. The third-order valence-corrected chi connectivity index (χ3v) is 7.10. The lowest BCUT2D eigenvalue weighted by Crippen LogP contribution is -2.43. The van der Waals surface area contributed by atoms with E-state index in [0.29, 0.717) is 43.1 Å². The van der Waals surface area contributed by atoms with Crippen molar-refractivity contribution in [2.24, 2.45) is 5.92 Å². The van der Waals surface area contributed by atoms with Crippen LogP contribution < -0.4 is 0 Å². The van der Waals surface area contributed by atoms with Gasteiger partial charge in [-0.2, -0.15) is 9.57 Å². The van der Waals surface area contributed by atoms with Crippen molar-refractivity contribution in [2.45, 2.75) is 23.5 Å². The monoisotopic (exact) mass is 341 g/mol. The molecule has 1 aromatic heterocycles. The Labute approximate surface area is 135 Å². The van der Waals surface area contributed by atoms with Gasteiger partial charge in [-0.25, -0.2) is 8.42 Å². The number of carbonyl (C=O) groups is 1. The highest BCUT2D eigenvalue weighted by Crippen LogP contribution is 2.27. The van der Waals surface area contributed by atoms with Crippen LogP contribution in [0.1, 0.15) is 19.3 Å². The molecule has 1 aliphatic rings. The van der Waals surface area contributed by atoms with E-state index in [9.17, 15) is 13.2 Å². The first-order chi connectivity index (χ1) is 10.5. The lowest BCUT2D eigenvalue weighted by atomic mass is 9.96. The number of rotatable bonds is 5. The molecule has 0 N–H and O–H groups in total. The Morgan fingerprint density at radius 3 is 2.73 bits per heavy atom. The molecule has 120 valence electrons. The minimum absolute atomic E-state index is 0.00317. The third-order valence-electron chi connectivity index (χ3n) is 3.83. The molecule has 0 aromatic carbocycles. The van der Waals surface area contributed by atoms with Gasteiger partial charge in [-0.05, 0) is 24.3 Å². The van der Waals surface area contributed by atoms with Gasteiger partial charge in [-0.3, -0.25) is 4.79 Å². The van der Waals surface area contributed by atoms with E-state index in [2.05, 4.69) is 0 Å². The van der Waals surface area contributed by atoms with Crippen LogP contribution >= 0.6 is 11.3 Å². The number of sulfonamides is 1. The quantitative estimate of drug-likeness (QED) is 0.813. The van der Waals surface area contributed by atoms with Gasteiger partial charge in [-0.15, -0.1) is 11.3 Å². The van der Waals surface area contributed by atoms with Crippen molar-refractivity contribution >= 4 is 27.3 Å². The van der Waals surface area contributed by atoms with Crippen molar-refractivity contribution in [2.75, 3.05) is 26.7 Å². The average Bonchev–Trinajstić information content (AvgIpc) is 3.07. The van der Waals surface area contributed by atoms with Crippen LogP contribution in [0.2, 0.25) is 0 Å². The van der Waals surface area contributed by atoms with Crippen molar-refractivity contribution in [1.82, 2.24) is 9.21 Å². The van der Waals surface area contributed by atoms with E-state index in [-0.39, 0.29) is 11.8 Å². The number of thiophene rings is 1. The summed E-state index contributed by atoms with van der Waals surface area (Å²) in [6, 6.07) is 5.34. The summed E-state index contributed by atoms with van der Waals surface area (Å²) in [6.45, 7) is 1.15. The summed E-state index contributed by atoms with van der Waals surface area (Å²) in [4.78, 5) is 13.8. The summed E-state index contributed by atoms with van der Waals surface area (Å²) >= 11 is 1.21. The van der Waals surface area contributed by atoms with Gasteiger partial charge in [0, 0.05) is 32.6 Å². The van der Waals surface area contributed by atoms with Crippen LogP contribution in [-0.2, 0) is 14.8 Å². The molecular weight excluding hydrogens is 322 g/mol. The van der Waals surface area contributed by atoms with Gasteiger partial charge < -0.3 is 4.90 Å². The van der Waals surface area contributed by atoms with Crippen LogP contribution in [0.4, 0.5) is 0 Å². The zero-order valence-corrected chi connectivity index (χ0v) is 14.1. The van der Waals surface area contributed by atoms with Gasteiger partial charge in [0.15, 0.2) is 0 Å². The fourth-order valence-electron chi connectivity index (χ4n) is 2.52. The van der Waals surface area contributed by atoms with Gasteiger partial charge in [0.1, 0.15) is 4.21 Å². The predicted molar refractivity (Wildman–Crippen MR) is 83.7 cm³/mol. The van der Waals surface area contributed by atoms with Crippen LogP contribution in [0, 0.1) is 17.2 Å². The second-order valence-corrected chi connectivity index (χ2v) is 8.39. The molecule has 1 aliphatic heterocycles. The molecule has 1 fully saturated rings. The smallest absolute Gasteiger partial charge is 0.252 e. The van der Waals surface area contributed by atoms with Crippen LogP contribution in [-0.4, -0.2) is 50.2 Å². The molecule has 6 nitrogen and oxygen atoms in total. The SMILES string of the molecule is CN(CCC#N)C(=O)C1CCN(S(=O)(=O)c2cccs2)CC1. The molecule has 8 heteroatoms. The minimum Gasteiger partial charge on any atom is -0.344 e. The van der Waals surface area contributed by atoms with Crippen molar-refractivity contribution in [3.8, 4) is 6.07 Å². The Hall–Kier alpha value is -1.43. The molecule has 0 bridgehead atoms.